The number of benzene rings is 1. The monoisotopic (exact) mass is 276 g/mol. The molecule has 7 heteroatoms. The third-order valence-corrected chi connectivity index (χ3v) is 2.69. The van der Waals surface area contributed by atoms with Gasteiger partial charge in [-0.1, -0.05) is 13.0 Å². The zero-order valence-corrected chi connectivity index (χ0v) is 10.6. The van der Waals surface area contributed by atoms with Crippen LogP contribution in [-0.2, 0) is 12.6 Å². The summed E-state index contributed by atoms with van der Waals surface area (Å²) in [6.07, 6.45) is -4.42. The molecule has 1 aromatic carbocycles. The zero-order chi connectivity index (χ0) is 14.6. The Hall–Kier alpha value is -1.63. The van der Waals surface area contributed by atoms with Gasteiger partial charge in [-0.05, 0) is 25.5 Å². The number of likely N-dealkylation sites (N-methyl/N-ethyl adjacent to an activating group) is 1. The van der Waals surface area contributed by atoms with Crippen LogP contribution in [0.3, 0.4) is 0 Å². The summed E-state index contributed by atoms with van der Waals surface area (Å²) >= 11 is 0. The van der Waals surface area contributed by atoms with Gasteiger partial charge in [-0.25, -0.2) is 0 Å². The van der Waals surface area contributed by atoms with Gasteiger partial charge in [-0.15, -0.1) is 0 Å². The van der Waals surface area contributed by atoms with Crippen molar-refractivity contribution in [3.63, 3.8) is 0 Å². The van der Waals surface area contributed by atoms with Crippen LogP contribution in [0.15, 0.2) is 18.2 Å². The lowest BCUT2D eigenvalue weighted by atomic mass is 10.00. The summed E-state index contributed by atoms with van der Waals surface area (Å²) in [5.41, 5.74) is -1.43. The molecule has 0 aliphatic heterocycles. The predicted molar refractivity (Wildman–Crippen MR) is 64.9 cm³/mol. The molecule has 1 rings (SSSR count). The number of non-ortho nitro benzene ring substituents is 1. The first-order chi connectivity index (χ1) is 8.75. The number of hydrogen-bond acceptors (Lipinski definition) is 3. The van der Waals surface area contributed by atoms with Crippen molar-refractivity contribution in [3.8, 4) is 0 Å². The fourth-order valence-electron chi connectivity index (χ4n) is 1.87. The summed E-state index contributed by atoms with van der Waals surface area (Å²) in [7, 11) is 0. The lowest BCUT2D eigenvalue weighted by Crippen LogP contribution is -2.28. The number of nitrogens with zero attached hydrogens (tertiary/aromatic N) is 1. The van der Waals surface area contributed by atoms with Crippen molar-refractivity contribution in [2.24, 2.45) is 0 Å². The Morgan fingerprint density at radius 3 is 2.53 bits per heavy atom. The Morgan fingerprint density at radius 1 is 1.42 bits per heavy atom. The minimum Gasteiger partial charge on any atom is -0.314 e. The highest BCUT2D eigenvalue weighted by atomic mass is 19.4. The molecule has 0 saturated heterocycles. The Balaban J connectivity index is 3.13. The fraction of sp³-hybridized carbons (Fsp3) is 0.500. The summed E-state index contributed by atoms with van der Waals surface area (Å²) in [6, 6.07) is 2.74. The van der Waals surface area contributed by atoms with Gasteiger partial charge in [0, 0.05) is 18.2 Å². The average molecular weight is 276 g/mol. The third-order valence-electron chi connectivity index (χ3n) is 2.69. The van der Waals surface area contributed by atoms with Crippen LogP contribution in [0, 0.1) is 10.1 Å². The molecule has 0 bridgehead atoms. The molecular formula is C12H15F3N2O2. The van der Waals surface area contributed by atoms with Crippen molar-refractivity contribution in [3.05, 3.63) is 39.4 Å². The first-order valence-electron chi connectivity index (χ1n) is 5.83. The maximum Gasteiger partial charge on any atom is 0.416 e. The van der Waals surface area contributed by atoms with E-state index in [9.17, 15) is 23.3 Å². The van der Waals surface area contributed by atoms with Crippen LogP contribution in [0.25, 0.3) is 0 Å². The van der Waals surface area contributed by atoms with Crippen molar-refractivity contribution in [2.45, 2.75) is 32.5 Å². The molecule has 0 aliphatic carbocycles. The van der Waals surface area contributed by atoms with Gasteiger partial charge >= 0.3 is 6.18 Å². The SMILES string of the molecule is CCNC(C)Cc1ccc([N+](=O)[O-])cc1C(F)(F)F. The first kappa shape index (κ1) is 15.4. The predicted octanol–water partition coefficient (Wildman–Crippen LogP) is 3.15. The van der Waals surface area contributed by atoms with Gasteiger partial charge in [0.25, 0.3) is 5.69 Å². The van der Waals surface area contributed by atoms with Gasteiger partial charge in [0.2, 0.25) is 0 Å². The molecule has 0 heterocycles. The second-order valence-electron chi connectivity index (χ2n) is 4.26. The quantitative estimate of drug-likeness (QED) is 0.664. The highest BCUT2D eigenvalue weighted by Crippen LogP contribution is 2.34. The topological polar surface area (TPSA) is 55.2 Å². The van der Waals surface area contributed by atoms with E-state index >= 15 is 0 Å². The lowest BCUT2D eigenvalue weighted by Gasteiger charge is -2.16. The molecule has 1 unspecified atom stereocenters. The molecule has 0 fully saturated rings. The third kappa shape index (κ3) is 4.20. The molecule has 106 valence electrons. The van der Waals surface area contributed by atoms with Gasteiger partial charge in [-0.2, -0.15) is 13.2 Å². The number of nitrogens with one attached hydrogen (secondary N) is 1. The van der Waals surface area contributed by atoms with Crippen molar-refractivity contribution < 1.29 is 18.1 Å². The highest BCUT2D eigenvalue weighted by molar-refractivity contribution is 5.41. The summed E-state index contributed by atoms with van der Waals surface area (Å²) in [5, 5.41) is 13.6. The minimum absolute atomic E-state index is 0.0616. The van der Waals surface area contributed by atoms with Gasteiger partial charge in [0.1, 0.15) is 0 Å². The van der Waals surface area contributed by atoms with Crippen molar-refractivity contribution >= 4 is 5.69 Å². The van der Waals surface area contributed by atoms with E-state index < -0.39 is 22.4 Å². The van der Waals surface area contributed by atoms with E-state index in [1.165, 1.54) is 6.07 Å². The van der Waals surface area contributed by atoms with Crippen molar-refractivity contribution in [1.82, 2.24) is 5.32 Å². The molecule has 0 aliphatic rings. The van der Waals surface area contributed by atoms with E-state index in [-0.39, 0.29) is 18.0 Å². The van der Waals surface area contributed by atoms with Crippen molar-refractivity contribution in [2.75, 3.05) is 6.54 Å². The summed E-state index contributed by atoms with van der Waals surface area (Å²) in [4.78, 5) is 9.72. The number of alkyl halides is 3. The summed E-state index contributed by atoms with van der Waals surface area (Å²) in [5.74, 6) is 0. The maximum atomic E-state index is 12.9. The summed E-state index contributed by atoms with van der Waals surface area (Å²) < 4.78 is 38.7. The largest absolute Gasteiger partial charge is 0.416 e. The minimum atomic E-state index is -4.59. The molecule has 0 spiro atoms. The second-order valence-corrected chi connectivity index (χ2v) is 4.26. The fourth-order valence-corrected chi connectivity index (χ4v) is 1.87. The van der Waals surface area contributed by atoms with Crippen LogP contribution >= 0.6 is 0 Å². The lowest BCUT2D eigenvalue weighted by molar-refractivity contribution is -0.385. The Bertz CT molecular complexity index is 461. The normalized spacial score (nSPS) is 13.3. The van der Waals surface area contributed by atoms with Crippen molar-refractivity contribution in [1.29, 1.82) is 0 Å². The molecule has 19 heavy (non-hydrogen) atoms. The smallest absolute Gasteiger partial charge is 0.314 e. The van der Waals surface area contributed by atoms with E-state index in [1.807, 2.05) is 6.92 Å². The van der Waals surface area contributed by atoms with Crippen LogP contribution in [0.2, 0.25) is 0 Å². The molecule has 0 amide bonds. The number of nitro benzene ring substituents is 1. The molecule has 1 atom stereocenters. The van der Waals surface area contributed by atoms with E-state index in [1.54, 1.807) is 6.92 Å². The number of nitro groups is 1. The maximum absolute atomic E-state index is 12.9. The molecule has 4 nitrogen and oxygen atoms in total. The first-order valence-corrected chi connectivity index (χ1v) is 5.83. The number of hydrogen-bond donors (Lipinski definition) is 1. The van der Waals surface area contributed by atoms with E-state index in [0.29, 0.717) is 12.6 Å². The molecule has 1 aromatic rings. The molecular weight excluding hydrogens is 261 g/mol. The van der Waals surface area contributed by atoms with Crippen LogP contribution in [-0.4, -0.2) is 17.5 Å². The molecule has 0 aromatic heterocycles. The molecule has 1 N–H and O–H groups in total. The van der Waals surface area contributed by atoms with Gasteiger partial charge in [-0.3, -0.25) is 10.1 Å². The Morgan fingerprint density at radius 2 is 2.05 bits per heavy atom. The number of halogens is 3. The standard InChI is InChI=1S/C12H15F3N2O2/c1-3-16-8(2)6-9-4-5-10(17(18)19)7-11(9)12(13,14)15/h4-5,7-8,16H,3,6H2,1-2H3. The zero-order valence-electron chi connectivity index (χ0n) is 10.6. The van der Waals surface area contributed by atoms with E-state index in [2.05, 4.69) is 5.32 Å². The highest BCUT2D eigenvalue weighted by Gasteiger charge is 2.35. The van der Waals surface area contributed by atoms with Crippen LogP contribution in [0.4, 0.5) is 18.9 Å². The van der Waals surface area contributed by atoms with Gasteiger partial charge in [0.05, 0.1) is 10.5 Å². The molecule has 0 radical (unpaired) electrons. The summed E-state index contributed by atoms with van der Waals surface area (Å²) in [6.45, 7) is 4.28. The van der Waals surface area contributed by atoms with Gasteiger partial charge < -0.3 is 5.32 Å². The van der Waals surface area contributed by atoms with Crippen LogP contribution < -0.4 is 5.32 Å². The number of rotatable bonds is 5. The van der Waals surface area contributed by atoms with Gasteiger partial charge in [0.15, 0.2) is 0 Å². The van der Waals surface area contributed by atoms with Crippen LogP contribution in [0.5, 0.6) is 0 Å². The van der Waals surface area contributed by atoms with E-state index in [4.69, 9.17) is 0 Å². The molecule has 0 saturated carbocycles. The average Bonchev–Trinajstić information content (AvgIpc) is 2.27. The Labute approximate surface area is 108 Å². The Kier molecular flexibility index (Phi) is 4.88. The second kappa shape index (κ2) is 6.01. The van der Waals surface area contributed by atoms with E-state index in [0.717, 1.165) is 6.07 Å². The van der Waals surface area contributed by atoms with Crippen LogP contribution in [0.1, 0.15) is 25.0 Å².